The third-order valence-electron chi connectivity index (χ3n) is 8.57. The van der Waals surface area contributed by atoms with E-state index in [1.165, 1.54) is 96.5 Å². The monoisotopic (exact) mass is 556 g/mol. The first-order chi connectivity index (χ1) is 19.8. The molecule has 0 bridgehead atoms. The summed E-state index contributed by atoms with van der Waals surface area (Å²) in [7, 11) is 0. The van der Waals surface area contributed by atoms with Gasteiger partial charge in [0, 0.05) is 34.9 Å². The average Bonchev–Trinajstić information content (AvgIpc) is 3.47. The van der Waals surface area contributed by atoms with Crippen LogP contribution >= 0.6 is 11.8 Å². The van der Waals surface area contributed by atoms with E-state index in [2.05, 4.69) is 89.9 Å². The average molecular weight is 557 g/mol. The van der Waals surface area contributed by atoms with Gasteiger partial charge in [-0.3, -0.25) is 0 Å². The van der Waals surface area contributed by atoms with Gasteiger partial charge in [-0.25, -0.2) is 0 Å². The second kappa shape index (κ2) is 15.7. The van der Waals surface area contributed by atoms with Gasteiger partial charge in [-0.1, -0.05) is 99.3 Å². The van der Waals surface area contributed by atoms with Crippen LogP contribution in [0.15, 0.2) is 82.6 Å². The Kier molecular flexibility index (Phi) is 11.4. The molecule has 0 radical (unpaired) electrons. The predicted molar refractivity (Wildman–Crippen MR) is 171 cm³/mol. The van der Waals surface area contributed by atoms with Crippen molar-refractivity contribution >= 4 is 23.1 Å². The maximum atomic E-state index is 6.21. The van der Waals surface area contributed by atoms with E-state index in [-0.39, 0.29) is 0 Å². The van der Waals surface area contributed by atoms with Gasteiger partial charge in [-0.2, -0.15) is 0 Å². The third-order valence-corrected chi connectivity index (χ3v) is 9.70. The van der Waals surface area contributed by atoms with Crippen molar-refractivity contribution in [3.8, 4) is 0 Å². The molecule has 2 aliphatic rings. The fourth-order valence-electron chi connectivity index (χ4n) is 6.27. The van der Waals surface area contributed by atoms with Crippen molar-refractivity contribution in [2.24, 2.45) is 0 Å². The van der Waals surface area contributed by atoms with Gasteiger partial charge >= 0.3 is 0 Å². The summed E-state index contributed by atoms with van der Waals surface area (Å²) in [6.45, 7) is 6.10. The van der Waals surface area contributed by atoms with Gasteiger partial charge in [0.05, 0.1) is 18.0 Å². The summed E-state index contributed by atoms with van der Waals surface area (Å²) in [6, 6.07) is 27.5. The van der Waals surface area contributed by atoms with Crippen molar-refractivity contribution in [1.82, 2.24) is 5.32 Å². The van der Waals surface area contributed by atoms with Gasteiger partial charge in [0.25, 0.3) is 0 Å². The summed E-state index contributed by atoms with van der Waals surface area (Å²) in [4.78, 5) is 5.22. The minimum absolute atomic E-state index is 0.434. The molecule has 4 heteroatoms. The highest BCUT2D eigenvalue weighted by atomic mass is 32.2. The lowest BCUT2D eigenvalue weighted by Crippen LogP contribution is -2.31. The maximum absolute atomic E-state index is 6.21. The second-order valence-corrected chi connectivity index (χ2v) is 12.6. The Morgan fingerprint density at radius 1 is 0.775 bits per heavy atom. The molecule has 0 aliphatic carbocycles. The SMILES string of the molecule is CCCCCCCCc1ccc([C@H]2CCN[C@@H]2COCCCCCN2c3ccccc3Sc3ccccc32)cc1. The highest BCUT2D eigenvalue weighted by Crippen LogP contribution is 2.47. The minimum Gasteiger partial charge on any atom is -0.380 e. The summed E-state index contributed by atoms with van der Waals surface area (Å²) < 4.78 is 6.21. The first-order valence-electron chi connectivity index (χ1n) is 15.9. The summed E-state index contributed by atoms with van der Waals surface area (Å²) >= 11 is 1.89. The van der Waals surface area contributed by atoms with Gasteiger partial charge < -0.3 is 15.0 Å². The van der Waals surface area contributed by atoms with Gasteiger partial charge in [0.2, 0.25) is 0 Å². The summed E-state index contributed by atoms with van der Waals surface area (Å²) in [6.07, 6.45) is 14.1. The van der Waals surface area contributed by atoms with Crippen molar-refractivity contribution in [3.05, 3.63) is 83.9 Å². The summed E-state index contributed by atoms with van der Waals surface area (Å²) in [5.74, 6) is 0.570. The predicted octanol–water partition coefficient (Wildman–Crippen LogP) is 9.52. The third kappa shape index (κ3) is 7.93. The number of hydrogen-bond acceptors (Lipinski definition) is 4. The molecule has 3 nitrogen and oxygen atoms in total. The highest BCUT2D eigenvalue weighted by Gasteiger charge is 2.28. The van der Waals surface area contributed by atoms with Crippen LogP contribution in [-0.2, 0) is 11.2 Å². The smallest absolute Gasteiger partial charge is 0.0625 e. The summed E-state index contributed by atoms with van der Waals surface area (Å²) in [5, 5.41) is 3.71. The lowest BCUT2D eigenvalue weighted by atomic mass is 9.91. The van der Waals surface area contributed by atoms with Crippen molar-refractivity contribution in [1.29, 1.82) is 0 Å². The molecule has 2 atom stereocenters. The number of benzene rings is 3. The van der Waals surface area contributed by atoms with Crippen LogP contribution in [0.5, 0.6) is 0 Å². The molecule has 0 aromatic heterocycles. The molecule has 40 heavy (non-hydrogen) atoms. The number of rotatable bonds is 16. The van der Waals surface area contributed by atoms with Crippen LogP contribution in [0, 0.1) is 0 Å². The van der Waals surface area contributed by atoms with Crippen LogP contribution in [0.1, 0.15) is 88.2 Å². The van der Waals surface area contributed by atoms with Crippen LogP contribution in [0.4, 0.5) is 11.4 Å². The number of fused-ring (bicyclic) bond motifs is 2. The zero-order valence-electron chi connectivity index (χ0n) is 24.5. The number of ether oxygens (including phenoxy) is 1. The molecule has 2 heterocycles. The molecule has 5 rings (SSSR count). The summed E-state index contributed by atoms with van der Waals surface area (Å²) in [5.41, 5.74) is 5.66. The zero-order chi connectivity index (χ0) is 27.4. The van der Waals surface area contributed by atoms with E-state index in [1.807, 2.05) is 11.8 Å². The van der Waals surface area contributed by atoms with E-state index in [1.54, 1.807) is 0 Å². The second-order valence-electron chi connectivity index (χ2n) is 11.5. The van der Waals surface area contributed by atoms with E-state index in [0.29, 0.717) is 12.0 Å². The number of hydrogen-bond donors (Lipinski definition) is 1. The number of anilines is 2. The highest BCUT2D eigenvalue weighted by molar-refractivity contribution is 7.99. The van der Waals surface area contributed by atoms with E-state index in [9.17, 15) is 0 Å². The van der Waals surface area contributed by atoms with Crippen molar-refractivity contribution in [3.63, 3.8) is 0 Å². The Balaban J connectivity index is 1.00. The first-order valence-corrected chi connectivity index (χ1v) is 16.7. The first kappa shape index (κ1) is 29.2. The van der Waals surface area contributed by atoms with Crippen LogP contribution < -0.4 is 10.2 Å². The quantitative estimate of drug-likeness (QED) is 0.178. The topological polar surface area (TPSA) is 24.5 Å². The lowest BCUT2D eigenvalue weighted by Gasteiger charge is -2.32. The van der Waals surface area contributed by atoms with Crippen molar-refractivity contribution in [2.75, 3.05) is 31.2 Å². The molecule has 0 spiro atoms. The zero-order valence-corrected chi connectivity index (χ0v) is 25.3. The van der Waals surface area contributed by atoms with Crippen LogP contribution in [0.25, 0.3) is 0 Å². The number of nitrogens with one attached hydrogen (secondary N) is 1. The normalized spacial score (nSPS) is 18.1. The van der Waals surface area contributed by atoms with Gasteiger partial charge in [-0.15, -0.1) is 0 Å². The van der Waals surface area contributed by atoms with Crippen LogP contribution in [-0.4, -0.2) is 32.3 Å². The molecule has 0 unspecified atom stereocenters. The lowest BCUT2D eigenvalue weighted by molar-refractivity contribution is 0.108. The van der Waals surface area contributed by atoms with E-state index < -0.39 is 0 Å². The van der Waals surface area contributed by atoms with Crippen LogP contribution in [0.2, 0.25) is 0 Å². The largest absolute Gasteiger partial charge is 0.380 e. The van der Waals surface area contributed by atoms with Crippen LogP contribution in [0.3, 0.4) is 0 Å². The Hall–Kier alpha value is -2.27. The molecular formula is C36H48N2OS. The molecule has 214 valence electrons. The van der Waals surface area contributed by atoms with Gasteiger partial charge in [0.1, 0.15) is 0 Å². The molecular weight excluding hydrogens is 508 g/mol. The fraction of sp³-hybridized carbons (Fsp3) is 0.500. The maximum Gasteiger partial charge on any atom is 0.0625 e. The van der Waals surface area contributed by atoms with E-state index in [4.69, 9.17) is 4.74 Å². The molecule has 3 aromatic rings. The molecule has 0 saturated carbocycles. The number of para-hydroxylation sites is 2. The standard InChI is InChI=1S/C36H48N2OS/c1-2-3-4-5-6-8-15-29-20-22-30(23-21-29)31-24-25-37-32(31)28-39-27-14-7-13-26-38-33-16-9-11-18-35(33)40-36-19-12-10-17-34(36)38/h9-12,16-23,31-32,37H,2-8,13-15,24-28H2,1H3/t31-,32-/m1/s1. The molecule has 0 amide bonds. The fourth-order valence-corrected chi connectivity index (χ4v) is 7.36. The van der Waals surface area contributed by atoms with E-state index >= 15 is 0 Å². The molecule has 1 saturated heterocycles. The molecule has 2 aliphatic heterocycles. The van der Waals surface area contributed by atoms with Gasteiger partial charge in [0.15, 0.2) is 0 Å². The Morgan fingerprint density at radius 3 is 2.20 bits per heavy atom. The Morgan fingerprint density at radius 2 is 1.45 bits per heavy atom. The number of unbranched alkanes of at least 4 members (excludes halogenated alkanes) is 7. The molecule has 1 fully saturated rings. The van der Waals surface area contributed by atoms with E-state index in [0.717, 1.165) is 32.7 Å². The Bertz CT molecular complexity index is 1120. The van der Waals surface area contributed by atoms with Gasteiger partial charge in [-0.05, 0) is 80.5 Å². The molecule has 1 N–H and O–H groups in total. The number of aryl methyl sites for hydroxylation is 1. The van der Waals surface area contributed by atoms with Crippen molar-refractivity contribution in [2.45, 2.75) is 99.3 Å². The minimum atomic E-state index is 0.434. The Labute approximate surface area is 247 Å². The number of nitrogens with zero attached hydrogens (tertiary/aromatic N) is 1. The van der Waals surface area contributed by atoms with Crippen molar-refractivity contribution < 1.29 is 4.74 Å². The molecule has 3 aromatic carbocycles.